The molecule has 1 aliphatic heterocycles. The molecule has 1 heterocycles. The van der Waals surface area contributed by atoms with Gasteiger partial charge in [0, 0.05) is 34.3 Å². The summed E-state index contributed by atoms with van der Waals surface area (Å²) in [5.74, 6) is -2.51. The molecule has 4 unspecified atom stereocenters. The van der Waals surface area contributed by atoms with Gasteiger partial charge in [-0.05, 0) is 87.4 Å². The van der Waals surface area contributed by atoms with Gasteiger partial charge >= 0.3 is 0 Å². The third-order valence-corrected chi connectivity index (χ3v) is 11.2. The first-order chi connectivity index (χ1) is 24.7. The fourth-order valence-corrected chi connectivity index (χ4v) is 8.72. The second-order valence-corrected chi connectivity index (χ2v) is 14.0. The van der Waals surface area contributed by atoms with E-state index in [1.807, 2.05) is 78.9 Å². The second kappa shape index (κ2) is 12.7. The predicted octanol–water partition coefficient (Wildman–Crippen LogP) is 7.70. The maximum Gasteiger partial charge on any atom is 0.238 e. The Morgan fingerprint density at radius 3 is 2.41 bits per heavy atom. The molecule has 0 aromatic heterocycles. The minimum atomic E-state index is -0.759. The molecule has 0 spiro atoms. The number of amides is 2. The molecule has 3 aliphatic carbocycles. The summed E-state index contributed by atoms with van der Waals surface area (Å²) in [5.41, 5.74) is 4.09. The Bertz CT molecular complexity index is 2320. The van der Waals surface area contributed by atoms with Gasteiger partial charge in [0.25, 0.3) is 0 Å². The highest BCUT2D eigenvalue weighted by Gasteiger charge is 2.57. The molecule has 0 saturated carbocycles. The van der Waals surface area contributed by atoms with Crippen LogP contribution in [-0.4, -0.2) is 42.7 Å². The summed E-state index contributed by atoms with van der Waals surface area (Å²) in [7, 11) is 3.21. The van der Waals surface area contributed by atoms with Crippen LogP contribution in [0.1, 0.15) is 35.4 Å². The Morgan fingerprint density at radius 2 is 1.65 bits per heavy atom. The number of Topliss-reactive ketones (excluding diaryl/α,β-unsaturated/α-hetero) is 1. The maximum absolute atomic E-state index is 14.4. The van der Waals surface area contributed by atoms with Gasteiger partial charge in [0.2, 0.25) is 11.8 Å². The Balaban J connectivity index is 1.15. The van der Waals surface area contributed by atoms with Gasteiger partial charge in [-0.25, -0.2) is 0 Å². The lowest BCUT2D eigenvalue weighted by Gasteiger charge is -2.42. The van der Waals surface area contributed by atoms with Crippen molar-refractivity contribution in [1.29, 1.82) is 0 Å². The molecule has 1 fully saturated rings. The Hall–Kier alpha value is -5.54. The van der Waals surface area contributed by atoms with Crippen LogP contribution >= 0.6 is 15.9 Å². The number of fused-ring (bicyclic) bond motifs is 4. The number of imide groups is 1. The van der Waals surface area contributed by atoms with E-state index >= 15 is 0 Å². The van der Waals surface area contributed by atoms with Gasteiger partial charge in [-0.3, -0.25) is 24.1 Å². The molecule has 4 aromatic carbocycles. The lowest BCUT2D eigenvalue weighted by Crippen LogP contribution is -2.39. The van der Waals surface area contributed by atoms with Gasteiger partial charge in [0.1, 0.15) is 17.2 Å². The predicted molar refractivity (Wildman–Crippen MR) is 198 cm³/mol. The van der Waals surface area contributed by atoms with Crippen molar-refractivity contribution in [3.63, 3.8) is 0 Å². The van der Waals surface area contributed by atoms with Crippen molar-refractivity contribution in [3.8, 4) is 17.2 Å². The number of ketones is 2. The molecule has 4 atom stereocenters. The van der Waals surface area contributed by atoms with Crippen LogP contribution in [0.2, 0.25) is 0 Å². The minimum absolute atomic E-state index is 0.00229. The Morgan fingerprint density at radius 1 is 0.863 bits per heavy atom. The maximum atomic E-state index is 14.4. The molecule has 51 heavy (non-hydrogen) atoms. The Kier molecular flexibility index (Phi) is 8.10. The van der Waals surface area contributed by atoms with Gasteiger partial charge in [0.15, 0.2) is 11.6 Å². The van der Waals surface area contributed by atoms with Gasteiger partial charge in [0.05, 0.1) is 36.2 Å². The quantitative estimate of drug-likeness (QED) is 0.0934. The number of phenolic OH excluding ortho intramolecular Hbond substituents is 1. The first kappa shape index (κ1) is 32.7. The van der Waals surface area contributed by atoms with Crippen LogP contribution in [0.3, 0.4) is 0 Å². The number of carbonyl (C=O) groups excluding carboxylic acids is 4. The Labute approximate surface area is 302 Å². The normalized spacial score (nSPS) is 22.9. The second-order valence-electron chi connectivity index (χ2n) is 13.2. The zero-order valence-corrected chi connectivity index (χ0v) is 29.3. The number of rotatable bonds is 6. The van der Waals surface area contributed by atoms with Gasteiger partial charge in [-0.15, -0.1) is 0 Å². The summed E-state index contributed by atoms with van der Waals surface area (Å²) in [6, 6.07) is 23.7. The van der Waals surface area contributed by atoms with Crippen molar-refractivity contribution in [2.45, 2.75) is 18.8 Å². The van der Waals surface area contributed by atoms with Crippen molar-refractivity contribution in [2.24, 2.45) is 17.8 Å². The SMILES string of the molecule is COc1ccc(OC)c(C=Cc2ccc(N3C(=O)C4CC=C5C(c6c(O)ccc7ccccc67)C6=C(CC5C4C3=O)C(=O)C(Br)=CC6=O)cc2)c1. The van der Waals surface area contributed by atoms with Crippen molar-refractivity contribution in [1.82, 2.24) is 0 Å². The van der Waals surface area contributed by atoms with E-state index in [2.05, 4.69) is 15.9 Å². The highest BCUT2D eigenvalue weighted by molar-refractivity contribution is 9.12. The molecule has 2 amide bonds. The van der Waals surface area contributed by atoms with E-state index in [9.17, 15) is 24.3 Å². The molecule has 1 saturated heterocycles. The highest BCUT2D eigenvalue weighted by atomic mass is 79.9. The van der Waals surface area contributed by atoms with Crippen LogP contribution in [0, 0.1) is 17.8 Å². The van der Waals surface area contributed by atoms with Crippen LogP contribution < -0.4 is 14.4 Å². The molecule has 9 heteroatoms. The zero-order valence-electron chi connectivity index (χ0n) is 27.8. The summed E-state index contributed by atoms with van der Waals surface area (Å²) in [6.45, 7) is 0. The molecule has 254 valence electrons. The molecule has 8 nitrogen and oxygen atoms in total. The average Bonchev–Trinajstić information content (AvgIpc) is 3.41. The molecular weight excluding hydrogens is 710 g/mol. The largest absolute Gasteiger partial charge is 0.508 e. The molecule has 1 N–H and O–H groups in total. The van der Waals surface area contributed by atoms with Crippen LogP contribution in [0.15, 0.2) is 112 Å². The molecule has 8 rings (SSSR count). The number of hydrogen-bond acceptors (Lipinski definition) is 7. The summed E-state index contributed by atoms with van der Waals surface area (Å²) in [6.07, 6.45) is 7.51. The van der Waals surface area contributed by atoms with E-state index in [1.165, 1.54) is 11.0 Å². The third kappa shape index (κ3) is 5.26. The van der Waals surface area contributed by atoms with Crippen molar-refractivity contribution < 1.29 is 33.8 Å². The van der Waals surface area contributed by atoms with Crippen LogP contribution in [0.25, 0.3) is 22.9 Å². The number of carbonyl (C=O) groups is 4. The number of halogens is 1. The summed E-state index contributed by atoms with van der Waals surface area (Å²) < 4.78 is 11.0. The van der Waals surface area contributed by atoms with Gasteiger partial charge in [-0.1, -0.05) is 66.3 Å². The lowest BCUT2D eigenvalue weighted by molar-refractivity contribution is -0.123. The number of methoxy groups -OCH3 is 2. The number of aromatic hydroxyl groups is 1. The van der Waals surface area contributed by atoms with E-state index in [-0.39, 0.29) is 40.0 Å². The first-order valence-electron chi connectivity index (χ1n) is 16.7. The van der Waals surface area contributed by atoms with E-state index in [4.69, 9.17) is 9.47 Å². The number of nitrogens with zero attached hydrogens (tertiary/aromatic N) is 1. The van der Waals surface area contributed by atoms with Crippen LogP contribution in [0.5, 0.6) is 17.2 Å². The fourth-order valence-electron chi connectivity index (χ4n) is 8.27. The van der Waals surface area contributed by atoms with Crippen molar-refractivity contribution >= 4 is 67.9 Å². The van der Waals surface area contributed by atoms with E-state index in [1.54, 1.807) is 32.4 Å². The summed E-state index contributed by atoms with van der Waals surface area (Å²) >= 11 is 3.28. The minimum Gasteiger partial charge on any atom is -0.508 e. The summed E-state index contributed by atoms with van der Waals surface area (Å²) in [5, 5.41) is 13.0. The fraction of sp³-hybridized carbons (Fsp3) is 0.190. The van der Waals surface area contributed by atoms with Crippen molar-refractivity contribution in [2.75, 3.05) is 19.1 Å². The van der Waals surface area contributed by atoms with E-state index in [0.29, 0.717) is 40.3 Å². The molecular formula is C42H32BrNO7. The topological polar surface area (TPSA) is 110 Å². The number of anilines is 1. The van der Waals surface area contributed by atoms with Gasteiger partial charge in [-0.2, -0.15) is 0 Å². The average molecular weight is 743 g/mol. The number of ether oxygens (including phenoxy) is 2. The smallest absolute Gasteiger partial charge is 0.238 e. The van der Waals surface area contributed by atoms with Crippen LogP contribution in [0.4, 0.5) is 5.69 Å². The third-order valence-electron chi connectivity index (χ3n) is 10.6. The van der Waals surface area contributed by atoms with Crippen molar-refractivity contribution in [3.05, 3.63) is 129 Å². The first-order valence-corrected chi connectivity index (χ1v) is 17.5. The molecule has 4 aliphatic rings. The molecule has 0 bridgehead atoms. The van der Waals surface area contributed by atoms with E-state index in [0.717, 1.165) is 27.5 Å². The number of hydrogen-bond donors (Lipinski definition) is 1. The molecule has 0 radical (unpaired) electrons. The number of allylic oxidation sites excluding steroid dienone is 6. The number of benzene rings is 4. The molecule has 4 aromatic rings. The lowest BCUT2D eigenvalue weighted by atomic mass is 9.59. The van der Waals surface area contributed by atoms with E-state index < -0.39 is 23.7 Å². The monoisotopic (exact) mass is 741 g/mol. The van der Waals surface area contributed by atoms with Gasteiger partial charge < -0.3 is 14.6 Å². The highest BCUT2D eigenvalue weighted by Crippen LogP contribution is 2.57. The number of phenols is 1. The standard InChI is InChI=1S/C42H32BrNO7/c1-50-26-14-18-35(51-2)24(19-26)10-7-22-8-12-25(13-9-22)44-41(48)29-16-15-28-30(36(29)42(44)49)20-31-38(34(46)21-32(43)40(31)47)39(28)37-27-6-4-3-5-23(27)11-17-33(37)45/h3-15,17-19,21,29-30,36,39,45H,16,20H2,1-2H3. The zero-order chi connectivity index (χ0) is 35.6. The summed E-state index contributed by atoms with van der Waals surface area (Å²) in [4.78, 5) is 57.1. The van der Waals surface area contributed by atoms with Crippen LogP contribution in [-0.2, 0) is 19.2 Å².